The zero-order valence-electron chi connectivity index (χ0n) is 16.2. The Balaban J connectivity index is 1.68. The third-order valence-corrected chi connectivity index (χ3v) is 4.66. The van der Waals surface area contributed by atoms with Gasteiger partial charge in [-0.1, -0.05) is 60.7 Å². The standard InChI is InChI=1S/C22H26O7/c1-15(23)26-14-18-20(27-12-16-8-4-2-5-9-16)19(24)21(22(25)29-18)28-13-17-10-6-3-7-11-17/h2-11,18-22,24-25H,12-14H2,1H3/t18-,19+,20-,21+,22+/m1/s1. The van der Waals surface area contributed by atoms with Crippen LogP contribution in [-0.2, 0) is 37.0 Å². The minimum atomic E-state index is -1.38. The molecule has 5 atom stereocenters. The SMILES string of the molecule is CC(=O)OC[C@H]1O[C@H](O)[C@@H](OCc2ccccc2)[C@@H](O)[C@@H]1OCc1ccccc1. The molecular weight excluding hydrogens is 376 g/mol. The van der Waals surface area contributed by atoms with Crippen molar-refractivity contribution in [1.29, 1.82) is 0 Å². The van der Waals surface area contributed by atoms with Crippen molar-refractivity contribution in [1.82, 2.24) is 0 Å². The van der Waals surface area contributed by atoms with E-state index in [1.807, 2.05) is 60.7 Å². The highest BCUT2D eigenvalue weighted by Crippen LogP contribution is 2.26. The lowest BCUT2D eigenvalue weighted by Crippen LogP contribution is -2.60. The Kier molecular flexibility index (Phi) is 7.74. The Labute approximate surface area is 169 Å². The van der Waals surface area contributed by atoms with Gasteiger partial charge in [0.05, 0.1) is 13.2 Å². The van der Waals surface area contributed by atoms with Crippen LogP contribution in [0.5, 0.6) is 0 Å². The van der Waals surface area contributed by atoms with Crippen LogP contribution >= 0.6 is 0 Å². The highest BCUT2D eigenvalue weighted by atomic mass is 16.7. The van der Waals surface area contributed by atoms with Crippen LogP contribution in [0.25, 0.3) is 0 Å². The van der Waals surface area contributed by atoms with Gasteiger partial charge in [0.2, 0.25) is 0 Å². The molecule has 0 aliphatic carbocycles. The van der Waals surface area contributed by atoms with Gasteiger partial charge in [0, 0.05) is 6.92 Å². The summed E-state index contributed by atoms with van der Waals surface area (Å²) < 4.78 is 22.2. The van der Waals surface area contributed by atoms with E-state index < -0.39 is 36.7 Å². The Morgan fingerprint density at radius 3 is 1.93 bits per heavy atom. The predicted molar refractivity (Wildman–Crippen MR) is 104 cm³/mol. The van der Waals surface area contributed by atoms with E-state index in [2.05, 4.69) is 0 Å². The lowest BCUT2D eigenvalue weighted by atomic mass is 9.98. The number of esters is 1. The van der Waals surface area contributed by atoms with Crippen molar-refractivity contribution in [2.75, 3.05) is 6.61 Å². The maximum absolute atomic E-state index is 11.2. The van der Waals surface area contributed by atoms with E-state index in [0.29, 0.717) is 0 Å². The smallest absolute Gasteiger partial charge is 0.302 e. The molecule has 29 heavy (non-hydrogen) atoms. The van der Waals surface area contributed by atoms with E-state index in [1.165, 1.54) is 6.92 Å². The fourth-order valence-corrected chi connectivity index (χ4v) is 3.16. The normalized spacial score (nSPS) is 26.8. The molecule has 0 amide bonds. The molecule has 2 aromatic rings. The molecular formula is C22H26O7. The van der Waals surface area contributed by atoms with Gasteiger partial charge in [0.1, 0.15) is 31.0 Å². The Morgan fingerprint density at radius 1 is 0.897 bits per heavy atom. The number of rotatable bonds is 8. The Morgan fingerprint density at radius 2 is 1.41 bits per heavy atom. The number of ether oxygens (including phenoxy) is 4. The van der Waals surface area contributed by atoms with Crippen LogP contribution in [0, 0.1) is 0 Å². The zero-order valence-corrected chi connectivity index (χ0v) is 16.2. The minimum absolute atomic E-state index is 0.145. The molecule has 0 aromatic heterocycles. The second kappa shape index (κ2) is 10.5. The Bertz CT molecular complexity index is 752. The van der Waals surface area contributed by atoms with Crippen LogP contribution in [0.2, 0.25) is 0 Å². The molecule has 2 N–H and O–H groups in total. The molecule has 7 heteroatoms. The molecule has 1 aliphatic rings. The van der Waals surface area contributed by atoms with E-state index >= 15 is 0 Å². The van der Waals surface area contributed by atoms with Crippen molar-refractivity contribution >= 4 is 5.97 Å². The number of benzene rings is 2. The van der Waals surface area contributed by atoms with Crippen LogP contribution in [-0.4, -0.2) is 53.5 Å². The molecule has 3 rings (SSSR count). The quantitative estimate of drug-likeness (QED) is 0.650. The van der Waals surface area contributed by atoms with Gasteiger partial charge in [-0.05, 0) is 11.1 Å². The second-order valence-corrected chi connectivity index (χ2v) is 6.88. The lowest BCUT2D eigenvalue weighted by molar-refractivity contribution is -0.307. The average molecular weight is 402 g/mol. The monoisotopic (exact) mass is 402 g/mol. The summed E-state index contributed by atoms with van der Waals surface area (Å²) >= 11 is 0. The van der Waals surface area contributed by atoms with Gasteiger partial charge >= 0.3 is 5.97 Å². The van der Waals surface area contributed by atoms with Gasteiger partial charge in [0.25, 0.3) is 0 Å². The van der Waals surface area contributed by atoms with E-state index in [1.54, 1.807) is 0 Å². The molecule has 1 saturated heterocycles. The minimum Gasteiger partial charge on any atom is -0.463 e. The predicted octanol–water partition coefficient (Wildman–Crippen LogP) is 1.80. The van der Waals surface area contributed by atoms with Crippen LogP contribution in [0.1, 0.15) is 18.1 Å². The summed E-state index contributed by atoms with van der Waals surface area (Å²) in [6.07, 6.45) is -5.25. The van der Waals surface area contributed by atoms with Crippen molar-refractivity contribution in [2.24, 2.45) is 0 Å². The summed E-state index contributed by atoms with van der Waals surface area (Å²) in [6, 6.07) is 18.9. The first-order chi connectivity index (χ1) is 14.0. The number of aliphatic hydroxyl groups excluding tert-OH is 2. The molecule has 1 heterocycles. The van der Waals surface area contributed by atoms with E-state index in [9.17, 15) is 15.0 Å². The lowest BCUT2D eigenvalue weighted by Gasteiger charge is -2.42. The zero-order chi connectivity index (χ0) is 20.6. The first-order valence-corrected chi connectivity index (χ1v) is 9.50. The van der Waals surface area contributed by atoms with E-state index in [-0.39, 0.29) is 19.8 Å². The molecule has 0 unspecified atom stereocenters. The molecule has 0 bridgehead atoms. The maximum Gasteiger partial charge on any atom is 0.302 e. The number of carbonyl (C=O) groups is 1. The molecule has 1 fully saturated rings. The van der Waals surface area contributed by atoms with Gasteiger partial charge in [-0.3, -0.25) is 4.79 Å². The largest absolute Gasteiger partial charge is 0.463 e. The summed E-state index contributed by atoms with van der Waals surface area (Å²) in [4.78, 5) is 11.2. The molecule has 2 aromatic carbocycles. The highest BCUT2D eigenvalue weighted by Gasteiger charge is 2.46. The number of hydrogen-bond acceptors (Lipinski definition) is 7. The van der Waals surface area contributed by atoms with Crippen molar-refractivity contribution in [2.45, 2.75) is 50.8 Å². The third-order valence-electron chi connectivity index (χ3n) is 4.66. The first-order valence-electron chi connectivity index (χ1n) is 9.50. The maximum atomic E-state index is 11.2. The molecule has 0 spiro atoms. The topological polar surface area (TPSA) is 94.5 Å². The van der Waals surface area contributed by atoms with Crippen LogP contribution in [0.4, 0.5) is 0 Å². The van der Waals surface area contributed by atoms with Gasteiger partial charge < -0.3 is 29.2 Å². The summed E-state index contributed by atoms with van der Waals surface area (Å²) in [5, 5.41) is 21.2. The molecule has 156 valence electrons. The number of aliphatic hydroxyl groups is 2. The fourth-order valence-electron chi connectivity index (χ4n) is 3.16. The van der Waals surface area contributed by atoms with Gasteiger partial charge in [-0.25, -0.2) is 0 Å². The third kappa shape index (κ3) is 6.09. The summed E-state index contributed by atoms with van der Waals surface area (Å²) in [7, 11) is 0. The summed E-state index contributed by atoms with van der Waals surface area (Å²) in [6.45, 7) is 1.56. The fraction of sp³-hybridized carbons (Fsp3) is 0.409. The van der Waals surface area contributed by atoms with Crippen molar-refractivity contribution in [3.8, 4) is 0 Å². The number of hydrogen-bond donors (Lipinski definition) is 2. The van der Waals surface area contributed by atoms with Gasteiger partial charge in [-0.2, -0.15) is 0 Å². The van der Waals surface area contributed by atoms with Crippen LogP contribution < -0.4 is 0 Å². The van der Waals surface area contributed by atoms with E-state index in [4.69, 9.17) is 18.9 Å². The summed E-state index contributed by atoms with van der Waals surface area (Å²) in [5.41, 5.74) is 1.81. The van der Waals surface area contributed by atoms with Crippen LogP contribution in [0.3, 0.4) is 0 Å². The van der Waals surface area contributed by atoms with Crippen molar-refractivity contribution < 1.29 is 34.0 Å². The summed E-state index contributed by atoms with van der Waals surface area (Å²) in [5.74, 6) is -0.484. The molecule has 7 nitrogen and oxygen atoms in total. The van der Waals surface area contributed by atoms with Gasteiger partial charge in [0.15, 0.2) is 6.29 Å². The molecule has 1 aliphatic heterocycles. The van der Waals surface area contributed by atoms with E-state index in [0.717, 1.165) is 11.1 Å². The van der Waals surface area contributed by atoms with Gasteiger partial charge in [-0.15, -0.1) is 0 Å². The van der Waals surface area contributed by atoms with Crippen molar-refractivity contribution in [3.63, 3.8) is 0 Å². The average Bonchev–Trinajstić information content (AvgIpc) is 2.73. The number of carbonyl (C=O) groups excluding carboxylic acids is 1. The first kappa shape index (κ1) is 21.4. The molecule has 0 saturated carbocycles. The highest BCUT2D eigenvalue weighted by molar-refractivity contribution is 5.65. The van der Waals surface area contributed by atoms with Crippen LogP contribution in [0.15, 0.2) is 60.7 Å². The Hall–Kier alpha value is -2.29. The molecule has 0 radical (unpaired) electrons. The second-order valence-electron chi connectivity index (χ2n) is 6.88. The van der Waals surface area contributed by atoms with Crippen molar-refractivity contribution in [3.05, 3.63) is 71.8 Å².